The number of para-hydroxylation sites is 1. The SMILES string of the molecule is CC1(C)c2ccc3c4c2c2c5c(ccc6c5c4c(n6-c4nnc(-c5ccccc5)n4-c4ccccc4)=CC3)C=CC21. The van der Waals surface area contributed by atoms with Gasteiger partial charge in [-0.2, -0.15) is 0 Å². The van der Waals surface area contributed by atoms with Gasteiger partial charge in [0.25, 0.3) is 0 Å². The van der Waals surface area contributed by atoms with Gasteiger partial charge >= 0.3 is 0 Å². The van der Waals surface area contributed by atoms with Crippen LogP contribution in [0.25, 0.3) is 67.6 Å². The molecule has 41 heavy (non-hydrogen) atoms. The summed E-state index contributed by atoms with van der Waals surface area (Å²) in [6.45, 7) is 4.84. The normalized spacial score (nSPS) is 17.5. The highest BCUT2D eigenvalue weighted by Crippen LogP contribution is 2.58. The van der Waals surface area contributed by atoms with Crippen LogP contribution in [0.3, 0.4) is 0 Å². The highest BCUT2D eigenvalue weighted by Gasteiger charge is 2.44. The largest absolute Gasteiger partial charge is 0.278 e. The number of nitrogens with zero attached hydrogens (tertiary/aromatic N) is 4. The Bertz CT molecular complexity index is 2350. The molecular formula is C37H26N4. The molecule has 0 aliphatic heterocycles. The molecule has 4 heteroatoms. The van der Waals surface area contributed by atoms with Crippen molar-refractivity contribution >= 4 is 44.6 Å². The molecule has 3 aliphatic rings. The number of hydrogen-bond acceptors (Lipinski definition) is 2. The molecule has 0 amide bonds. The van der Waals surface area contributed by atoms with Gasteiger partial charge in [-0.05, 0) is 63.0 Å². The molecule has 10 rings (SSSR count). The molecule has 194 valence electrons. The zero-order valence-corrected chi connectivity index (χ0v) is 22.9. The summed E-state index contributed by atoms with van der Waals surface area (Å²) in [5.74, 6) is 2.04. The summed E-state index contributed by atoms with van der Waals surface area (Å²) in [6.07, 6.45) is 8.13. The summed E-state index contributed by atoms with van der Waals surface area (Å²) < 4.78 is 4.59. The fourth-order valence-corrected chi connectivity index (χ4v) is 8.14. The summed E-state index contributed by atoms with van der Waals surface area (Å²) in [5.41, 5.74) is 9.12. The van der Waals surface area contributed by atoms with Gasteiger partial charge in [-0.25, -0.2) is 0 Å². The van der Waals surface area contributed by atoms with Crippen molar-refractivity contribution in [3.8, 4) is 23.0 Å². The summed E-state index contributed by atoms with van der Waals surface area (Å²) in [5, 5.41) is 18.1. The zero-order valence-electron chi connectivity index (χ0n) is 22.9. The van der Waals surface area contributed by atoms with E-state index in [1.54, 1.807) is 0 Å². The van der Waals surface area contributed by atoms with Crippen molar-refractivity contribution in [1.29, 1.82) is 0 Å². The Morgan fingerprint density at radius 3 is 2.37 bits per heavy atom. The van der Waals surface area contributed by atoms with Crippen LogP contribution in [0, 0.1) is 0 Å². The van der Waals surface area contributed by atoms with Gasteiger partial charge in [-0.3, -0.25) is 9.13 Å². The van der Waals surface area contributed by atoms with Crippen LogP contribution in [0.4, 0.5) is 0 Å². The minimum atomic E-state index is 0.0644. The maximum atomic E-state index is 4.93. The Morgan fingerprint density at radius 1 is 0.732 bits per heavy atom. The molecule has 0 saturated heterocycles. The molecule has 0 saturated carbocycles. The van der Waals surface area contributed by atoms with E-state index in [0.29, 0.717) is 5.92 Å². The third-order valence-electron chi connectivity index (χ3n) is 9.94. The molecule has 1 atom stereocenters. The molecule has 0 spiro atoms. The Balaban J connectivity index is 1.41. The maximum Gasteiger partial charge on any atom is 0.241 e. The minimum Gasteiger partial charge on any atom is -0.278 e. The molecule has 0 fully saturated rings. The third-order valence-corrected chi connectivity index (χ3v) is 9.94. The van der Waals surface area contributed by atoms with Crippen molar-refractivity contribution in [2.24, 2.45) is 0 Å². The van der Waals surface area contributed by atoms with Gasteiger partial charge in [0.15, 0.2) is 5.82 Å². The number of allylic oxidation sites excluding steroid dienone is 1. The van der Waals surface area contributed by atoms with E-state index in [9.17, 15) is 0 Å². The van der Waals surface area contributed by atoms with Crippen molar-refractivity contribution in [2.75, 3.05) is 0 Å². The fraction of sp³-hybridized carbons (Fsp3) is 0.135. The van der Waals surface area contributed by atoms with Gasteiger partial charge in [0.05, 0.1) is 16.6 Å². The van der Waals surface area contributed by atoms with Gasteiger partial charge in [-0.15, -0.1) is 10.2 Å². The van der Waals surface area contributed by atoms with Gasteiger partial charge in [0.1, 0.15) is 0 Å². The standard InChI is InChI=1S/C37H26N4/c1-37(2)25-17-13-21-15-19-27-33-29(21)31(25)32-26(37)18-14-22-16-20-28(34(33)30(22)32)41(27)36-39-38-35(23-9-5-3-6-10-23)40(36)24-11-7-4-8-12-24/h3-15,17-20,25H,16H2,1-2H3. The van der Waals surface area contributed by atoms with E-state index < -0.39 is 0 Å². The molecule has 2 heterocycles. The van der Waals surface area contributed by atoms with E-state index in [1.807, 2.05) is 6.07 Å². The average Bonchev–Trinajstić information content (AvgIpc) is 3.66. The zero-order chi connectivity index (χ0) is 27.0. The van der Waals surface area contributed by atoms with E-state index in [1.165, 1.54) is 60.1 Å². The lowest BCUT2D eigenvalue weighted by Gasteiger charge is -2.29. The first kappa shape index (κ1) is 21.8. The van der Waals surface area contributed by atoms with E-state index in [2.05, 4.69) is 120 Å². The van der Waals surface area contributed by atoms with Crippen LogP contribution in [-0.2, 0) is 11.8 Å². The lowest BCUT2D eigenvalue weighted by molar-refractivity contribution is 0.494. The van der Waals surface area contributed by atoms with E-state index in [-0.39, 0.29) is 5.41 Å². The molecule has 0 N–H and O–H groups in total. The summed E-state index contributed by atoms with van der Waals surface area (Å²) in [6, 6.07) is 30.3. The van der Waals surface area contributed by atoms with Gasteiger partial charge in [0.2, 0.25) is 5.95 Å². The predicted molar refractivity (Wildman–Crippen MR) is 167 cm³/mol. The summed E-state index contributed by atoms with van der Waals surface area (Å²) >= 11 is 0. The van der Waals surface area contributed by atoms with Crippen LogP contribution in [0.15, 0.2) is 91.0 Å². The second kappa shape index (κ2) is 7.21. The van der Waals surface area contributed by atoms with Crippen LogP contribution >= 0.6 is 0 Å². The van der Waals surface area contributed by atoms with Crippen LogP contribution < -0.4 is 5.35 Å². The summed E-state index contributed by atoms with van der Waals surface area (Å²) in [7, 11) is 0. The van der Waals surface area contributed by atoms with Gasteiger partial charge < -0.3 is 0 Å². The monoisotopic (exact) mass is 526 g/mol. The second-order valence-corrected chi connectivity index (χ2v) is 12.3. The Morgan fingerprint density at radius 2 is 1.54 bits per heavy atom. The first-order valence-electron chi connectivity index (χ1n) is 14.5. The van der Waals surface area contributed by atoms with Crippen molar-refractivity contribution < 1.29 is 0 Å². The Labute approximate surface area is 236 Å². The lowest BCUT2D eigenvalue weighted by Crippen LogP contribution is -2.22. The van der Waals surface area contributed by atoms with Crippen LogP contribution in [-0.4, -0.2) is 19.3 Å². The molecule has 2 aromatic heterocycles. The first-order chi connectivity index (χ1) is 20.1. The molecule has 4 nitrogen and oxygen atoms in total. The van der Waals surface area contributed by atoms with Crippen LogP contribution in [0.5, 0.6) is 0 Å². The highest BCUT2D eigenvalue weighted by molar-refractivity contribution is 6.28. The van der Waals surface area contributed by atoms with E-state index in [0.717, 1.165) is 29.4 Å². The quantitative estimate of drug-likeness (QED) is 0.222. The molecule has 0 radical (unpaired) electrons. The van der Waals surface area contributed by atoms with Crippen molar-refractivity contribution in [3.63, 3.8) is 0 Å². The van der Waals surface area contributed by atoms with Crippen molar-refractivity contribution in [1.82, 2.24) is 19.3 Å². The first-order valence-corrected chi connectivity index (χ1v) is 14.5. The molecule has 1 unspecified atom stereocenters. The molecule has 0 bridgehead atoms. The molecule has 7 aromatic rings. The fourth-order valence-electron chi connectivity index (χ4n) is 8.14. The van der Waals surface area contributed by atoms with E-state index in [4.69, 9.17) is 10.2 Å². The number of aromatic nitrogens is 4. The lowest BCUT2D eigenvalue weighted by atomic mass is 9.74. The second-order valence-electron chi connectivity index (χ2n) is 12.3. The smallest absolute Gasteiger partial charge is 0.241 e. The average molecular weight is 527 g/mol. The van der Waals surface area contributed by atoms with Crippen molar-refractivity contribution in [2.45, 2.75) is 31.6 Å². The Kier molecular flexibility index (Phi) is 3.84. The molecule has 3 aliphatic carbocycles. The number of benzene rings is 5. The topological polar surface area (TPSA) is 35.6 Å². The van der Waals surface area contributed by atoms with Crippen LogP contribution in [0.1, 0.15) is 42.0 Å². The van der Waals surface area contributed by atoms with Gasteiger partial charge in [-0.1, -0.05) is 98.8 Å². The van der Waals surface area contributed by atoms with Crippen LogP contribution in [0.2, 0.25) is 0 Å². The Hall–Kier alpha value is -4.96. The highest BCUT2D eigenvalue weighted by atomic mass is 15.4. The van der Waals surface area contributed by atoms with Gasteiger partial charge in [0, 0.05) is 27.7 Å². The minimum absolute atomic E-state index is 0.0644. The van der Waals surface area contributed by atoms with E-state index >= 15 is 0 Å². The number of hydrogen-bond donors (Lipinski definition) is 0. The number of rotatable bonds is 3. The summed E-state index contributed by atoms with van der Waals surface area (Å²) in [4.78, 5) is 0. The predicted octanol–water partition coefficient (Wildman–Crippen LogP) is 7.64. The molecule has 5 aromatic carbocycles. The van der Waals surface area contributed by atoms with Crippen molar-refractivity contribution in [3.05, 3.63) is 119 Å². The molecular weight excluding hydrogens is 500 g/mol. The third kappa shape index (κ3) is 2.49. The maximum absolute atomic E-state index is 4.93.